The number of nitrogens with two attached hydrogens (primary N) is 2. The molecule has 0 bridgehead atoms. The third kappa shape index (κ3) is 3.08. The number of rotatable bonds is 4. The van der Waals surface area contributed by atoms with E-state index in [1.807, 2.05) is 0 Å². The molecular weight excluding hydrogens is 248 g/mol. The number of carbonyl (C=O) groups is 2. The number of aromatic nitrogens is 1. The van der Waals surface area contributed by atoms with E-state index in [9.17, 15) is 9.59 Å². The lowest BCUT2D eigenvalue weighted by Crippen LogP contribution is -2.38. The number of primary amides is 1. The predicted octanol–water partition coefficient (Wildman–Crippen LogP) is 0.277. The highest BCUT2D eigenvalue weighted by molar-refractivity contribution is 5.98. The second-order valence-electron chi connectivity index (χ2n) is 4.18. The number of oxazole rings is 1. The maximum absolute atomic E-state index is 11.7. The molecule has 0 saturated carbocycles. The fourth-order valence-corrected chi connectivity index (χ4v) is 1.66. The Morgan fingerprint density at radius 3 is 2.89 bits per heavy atom. The second-order valence-corrected chi connectivity index (χ2v) is 4.18. The Hall–Kier alpha value is -2.41. The second kappa shape index (κ2) is 5.07. The van der Waals surface area contributed by atoms with Gasteiger partial charge in [0.2, 0.25) is 11.8 Å². The van der Waals surface area contributed by atoms with E-state index < -0.39 is 17.9 Å². The van der Waals surface area contributed by atoms with Crippen LogP contribution in [0, 0.1) is 6.92 Å². The SMILES string of the molecule is Cc1nc2cc(NC(=O)C(N)CC(N)=O)ccc2o1. The Labute approximate surface area is 109 Å². The molecule has 0 saturated heterocycles. The quantitative estimate of drug-likeness (QED) is 0.729. The van der Waals surface area contributed by atoms with Crippen molar-refractivity contribution in [2.45, 2.75) is 19.4 Å². The van der Waals surface area contributed by atoms with Gasteiger partial charge in [-0.05, 0) is 18.2 Å². The summed E-state index contributed by atoms with van der Waals surface area (Å²) < 4.78 is 5.32. The molecule has 0 aliphatic heterocycles. The van der Waals surface area contributed by atoms with Crippen LogP contribution in [0.4, 0.5) is 5.69 Å². The van der Waals surface area contributed by atoms with E-state index in [1.165, 1.54) is 0 Å². The number of aryl methyl sites for hydroxylation is 1. The zero-order valence-electron chi connectivity index (χ0n) is 10.3. The van der Waals surface area contributed by atoms with Crippen molar-refractivity contribution in [3.8, 4) is 0 Å². The van der Waals surface area contributed by atoms with Crippen molar-refractivity contribution in [1.82, 2.24) is 4.98 Å². The third-order valence-corrected chi connectivity index (χ3v) is 2.52. The van der Waals surface area contributed by atoms with E-state index in [0.29, 0.717) is 22.7 Å². The van der Waals surface area contributed by atoms with Crippen molar-refractivity contribution >= 4 is 28.6 Å². The van der Waals surface area contributed by atoms with Crippen molar-refractivity contribution < 1.29 is 14.0 Å². The first-order valence-corrected chi connectivity index (χ1v) is 5.67. The van der Waals surface area contributed by atoms with Gasteiger partial charge in [0, 0.05) is 12.6 Å². The number of carbonyl (C=O) groups excluding carboxylic acids is 2. The van der Waals surface area contributed by atoms with E-state index >= 15 is 0 Å². The molecule has 1 heterocycles. The first kappa shape index (κ1) is 13.0. The predicted molar refractivity (Wildman–Crippen MR) is 69.2 cm³/mol. The zero-order chi connectivity index (χ0) is 14.0. The molecule has 7 nitrogen and oxygen atoms in total. The number of benzene rings is 1. The Balaban J connectivity index is 2.12. The molecule has 0 spiro atoms. The lowest BCUT2D eigenvalue weighted by Gasteiger charge is -2.10. The summed E-state index contributed by atoms with van der Waals surface area (Å²) in [7, 11) is 0. The standard InChI is InChI=1S/C12H14N4O3/c1-6-15-9-4-7(2-3-10(9)19-6)16-12(18)8(13)5-11(14)17/h2-4,8H,5,13H2,1H3,(H2,14,17)(H,16,18). The smallest absolute Gasteiger partial charge is 0.241 e. The number of nitrogens with zero attached hydrogens (tertiary/aromatic N) is 1. The summed E-state index contributed by atoms with van der Waals surface area (Å²) in [5.41, 5.74) is 12.3. The Morgan fingerprint density at radius 1 is 1.47 bits per heavy atom. The lowest BCUT2D eigenvalue weighted by atomic mass is 10.2. The molecule has 0 aliphatic carbocycles. The maximum Gasteiger partial charge on any atom is 0.241 e. The fraction of sp³-hybridized carbons (Fsp3) is 0.250. The molecule has 1 unspecified atom stereocenters. The summed E-state index contributed by atoms with van der Waals surface area (Å²) in [6, 6.07) is 4.07. The van der Waals surface area contributed by atoms with Crippen molar-refractivity contribution in [2.24, 2.45) is 11.5 Å². The Bertz CT molecular complexity index is 635. The summed E-state index contributed by atoms with van der Waals surface area (Å²) in [5.74, 6) is -0.549. The van der Waals surface area contributed by atoms with Crippen LogP contribution in [0.2, 0.25) is 0 Å². The highest BCUT2D eigenvalue weighted by Gasteiger charge is 2.16. The van der Waals surface area contributed by atoms with E-state index in [0.717, 1.165) is 0 Å². The van der Waals surface area contributed by atoms with Gasteiger partial charge in [-0.15, -0.1) is 0 Å². The van der Waals surface area contributed by atoms with Crippen LogP contribution in [0.15, 0.2) is 22.6 Å². The van der Waals surface area contributed by atoms with E-state index in [1.54, 1.807) is 25.1 Å². The minimum Gasteiger partial charge on any atom is -0.441 e. The van der Waals surface area contributed by atoms with E-state index in [-0.39, 0.29) is 6.42 Å². The number of fused-ring (bicyclic) bond motifs is 1. The van der Waals surface area contributed by atoms with E-state index in [4.69, 9.17) is 15.9 Å². The van der Waals surface area contributed by atoms with Crippen molar-refractivity contribution in [3.63, 3.8) is 0 Å². The molecule has 0 fully saturated rings. The summed E-state index contributed by atoms with van der Waals surface area (Å²) in [6.45, 7) is 1.74. The molecule has 2 aromatic rings. The van der Waals surface area contributed by atoms with Crippen molar-refractivity contribution in [2.75, 3.05) is 5.32 Å². The summed E-state index contributed by atoms with van der Waals surface area (Å²) in [4.78, 5) is 26.5. The molecule has 1 atom stereocenters. The van der Waals surface area contributed by atoms with Crippen LogP contribution in [0.5, 0.6) is 0 Å². The fourth-order valence-electron chi connectivity index (χ4n) is 1.66. The monoisotopic (exact) mass is 262 g/mol. The van der Waals surface area contributed by atoms with Crippen LogP contribution in [0.1, 0.15) is 12.3 Å². The highest BCUT2D eigenvalue weighted by Crippen LogP contribution is 2.19. The lowest BCUT2D eigenvalue weighted by molar-refractivity contribution is -0.123. The average molecular weight is 262 g/mol. The number of nitrogens with one attached hydrogen (secondary N) is 1. The normalized spacial score (nSPS) is 12.3. The molecule has 1 aromatic carbocycles. The minimum atomic E-state index is -0.966. The van der Waals surface area contributed by atoms with Gasteiger partial charge in [0.1, 0.15) is 5.52 Å². The van der Waals surface area contributed by atoms with Crippen LogP contribution < -0.4 is 16.8 Å². The van der Waals surface area contributed by atoms with E-state index in [2.05, 4.69) is 10.3 Å². The minimum absolute atomic E-state index is 0.197. The molecule has 2 rings (SSSR count). The van der Waals surface area contributed by atoms with Gasteiger partial charge in [-0.25, -0.2) is 4.98 Å². The van der Waals surface area contributed by atoms with Crippen LogP contribution in [0.25, 0.3) is 11.1 Å². The highest BCUT2D eigenvalue weighted by atomic mass is 16.3. The largest absolute Gasteiger partial charge is 0.441 e. The molecule has 2 amide bonds. The van der Waals surface area contributed by atoms with Gasteiger partial charge in [0.15, 0.2) is 11.5 Å². The summed E-state index contributed by atoms with van der Waals surface area (Å²) in [6.07, 6.45) is -0.197. The average Bonchev–Trinajstić information content (AvgIpc) is 2.67. The van der Waals surface area contributed by atoms with Gasteiger partial charge in [0.05, 0.1) is 12.5 Å². The number of anilines is 1. The van der Waals surface area contributed by atoms with Gasteiger partial charge in [-0.3, -0.25) is 9.59 Å². The van der Waals surface area contributed by atoms with Gasteiger partial charge in [0.25, 0.3) is 0 Å². The molecule has 1 aromatic heterocycles. The van der Waals surface area contributed by atoms with Crippen molar-refractivity contribution in [3.05, 3.63) is 24.1 Å². The van der Waals surface area contributed by atoms with Gasteiger partial charge in [-0.1, -0.05) is 0 Å². The first-order chi connectivity index (χ1) is 8.95. The molecule has 0 radical (unpaired) electrons. The number of hydrogen-bond acceptors (Lipinski definition) is 5. The van der Waals surface area contributed by atoms with Gasteiger partial charge in [-0.2, -0.15) is 0 Å². The topological polar surface area (TPSA) is 124 Å². The van der Waals surface area contributed by atoms with Gasteiger partial charge < -0.3 is 21.2 Å². The molecule has 7 heteroatoms. The van der Waals surface area contributed by atoms with Crippen LogP contribution in [-0.4, -0.2) is 22.8 Å². The van der Waals surface area contributed by atoms with Crippen molar-refractivity contribution in [1.29, 1.82) is 0 Å². The number of hydrogen-bond donors (Lipinski definition) is 3. The molecular formula is C12H14N4O3. The summed E-state index contributed by atoms with van der Waals surface area (Å²) in [5, 5.41) is 2.60. The molecule has 19 heavy (non-hydrogen) atoms. The number of amides is 2. The zero-order valence-corrected chi connectivity index (χ0v) is 10.3. The Kier molecular flexibility index (Phi) is 3.48. The Morgan fingerprint density at radius 2 is 2.21 bits per heavy atom. The van der Waals surface area contributed by atoms with Crippen LogP contribution >= 0.6 is 0 Å². The summed E-state index contributed by atoms with van der Waals surface area (Å²) >= 11 is 0. The third-order valence-electron chi connectivity index (χ3n) is 2.52. The molecule has 5 N–H and O–H groups in total. The van der Waals surface area contributed by atoms with Crippen LogP contribution in [-0.2, 0) is 9.59 Å². The molecule has 0 aliphatic rings. The molecule has 100 valence electrons. The maximum atomic E-state index is 11.7. The van der Waals surface area contributed by atoms with Crippen LogP contribution in [0.3, 0.4) is 0 Å². The van der Waals surface area contributed by atoms with Gasteiger partial charge >= 0.3 is 0 Å². The first-order valence-electron chi connectivity index (χ1n) is 5.67.